The van der Waals surface area contributed by atoms with Crippen LogP contribution in [0, 0.1) is 7.43 Å². The fourth-order valence-corrected chi connectivity index (χ4v) is 1.03. The summed E-state index contributed by atoms with van der Waals surface area (Å²) in [6, 6.07) is 0. The molecule has 0 aromatic heterocycles. The van der Waals surface area contributed by atoms with E-state index in [9.17, 15) is 0 Å². The van der Waals surface area contributed by atoms with Crippen molar-refractivity contribution in [2.75, 3.05) is 0 Å². The molecule has 0 spiro atoms. The molecule has 0 aromatic carbocycles. The van der Waals surface area contributed by atoms with Gasteiger partial charge in [-0.2, -0.15) is 0 Å². The molecular formula is C17H19Ta-. The predicted molar refractivity (Wildman–Crippen MR) is 79.5 cm³/mol. The summed E-state index contributed by atoms with van der Waals surface area (Å²) in [6.45, 7) is 0. The predicted octanol–water partition coefficient (Wildman–Crippen LogP) is 4.90. The molecule has 0 fully saturated rings. The molecule has 0 saturated carbocycles. The second-order valence-corrected chi connectivity index (χ2v) is 3.08. The average molecular weight is 404 g/mol. The molecule has 2 aliphatic rings. The van der Waals surface area contributed by atoms with Crippen molar-refractivity contribution in [3.8, 4) is 0 Å². The molecule has 0 aromatic rings. The minimum atomic E-state index is 0. The number of hydrogen-bond acceptors (Lipinski definition) is 0. The Labute approximate surface area is 127 Å². The first-order valence-corrected chi connectivity index (χ1v) is 5.33. The number of rotatable bonds is 0. The molecule has 0 saturated heterocycles. The van der Waals surface area contributed by atoms with E-state index < -0.39 is 0 Å². The van der Waals surface area contributed by atoms with E-state index in [4.69, 9.17) is 0 Å². The summed E-state index contributed by atoms with van der Waals surface area (Å²) in [6.07, 6.45) is 32.0. The summed E-state index contributed by atoms with van der Waals surface area (Å²) >= 11 is 0. The molecule has 0 unspecified atom stereocenters. The van der Waals surface area contributed by atoms with Crippen LogP contribution in [0.1, 0.15) is 0 Å². The van der Waals surface area contributed by atoms with Gasteiger partial charge in [0.2, 0.25) is 0 Å². The maximum absolute atomic E-state index is 2.00. The second-order valence-electron chi connectivity index (χ2n) is 3.08. The Bertz CT molecular complexity index is 247. The van der Waals surface area contributed by atoms with E-state index in [-0.39, 0.29) is 29.8 Å². The van der Waals surface area contributed by atoms with E-state index in [2.05, 4.69) is 0 Å². The standard InChI is InChI=1S/2C8H8.CH3.Ta/c2*1-2-4-6-8-7-5-3-1;;/h2*1-8H;1H3;/q;;-1;/b2*2-1-,3-1?,4-2?,5-3-,6-4?,7-5?,8-6?,8-7?;;. The first-order chi connectivity index (χ1) is 8.00. The van der Waals surface area contributed by atoms with Gasteiger partial charge in [0, 0.05) is 22.4 Å². The van der Waals surface area contributed by atoms with E-state index in [1.165, 1.54) is 0 Å². The Hall–Kier alpha value is -1.34. The van der Waals surface area contributed by atoms with Gasteiger partial charge in [-0.15, -0.1) is 0 Å². The van der Waals surface area contributed by atoms with Crippen LogP contribution in [0.3, 0.4) is 0 Å². The van der Waals surface area contributed by atoms with Crippen LogP contribution in [0.2, 0.25) is 0 Å². The molecule has 2 aliphatic carbocycles. The van der Waals surface area contributed by atoms with Crippen LogP contribution >= 0.6 is 0 Å². The maximum Gasteiger partial charge on any atom is 0 e. The van der Waals surface area contributed by atoms with Gasteiger partial charge >= 0.3 is 0 Å². The first kappa shape index (κ1) is 19.0. The minimum Gasteiger partial charge on any atom is -0.358 e. The summed E-state index contributed by atoms with van der Waals surface area (Å²) in [5, 5.41) is 0. The maximum atomic E-state index is 2.00. The van der Waals surface area contributed by atoms with Crippen LogP contribution in [0.15, 0.2) is 97.2 Å². The molecule has 2 rings (SSSR count). The molecular weight excluding hydrogens is 385 g/mol. The topological polar surface area (TPSA) is 0 Å². The molecule has 18 heavy (non-hydrogen) atoms. The van der Waals surface area contributed by atoms with Crippen molar-refractivity contribution in [2.24, 2.45) is 0 Å². The van der Waals surface area contributed by atoms with Crippen molar-refractivity contribution in [2.45, 2.75) is 0 Å². The van der Waals surface area contributed by atoms with Gasteiger partial charge in [0.15, 0.2) is 0 Å². The zero-order valence-electron chi connectivity index (χ0n) is 10.7. The third-order valence-electron chi connectivity index (χ3n) is 1.78. The Balaban J connectivity index is 0. The molecule has 93 valence electrons. The summed E-state index contributed by atoms with van der Waals surface area (Å²) < 4.78 is 0. The largest absolute Gasteiger partial charge is 0.358 e. The average Bonchev–Trinajstić information content (AvgIpc) is 2.15. The molecule has 0 aliphatic heterocycles. The van der Waals surface area contributed by atoms with E-state index in [0.717, 1.165) is 0 Å². The van der Waals surface area contributed by atoms with Gasteiger partial charge < -0.3 is 7.43 Å². The molecule has 0 atom stereocenters. The summed E-state index contributed by atoms with van der Waals surface area (Å²) in [7, 11) is 0. The van der Waals surface area contributed by atoms with Gasteiger partial charge in [-0.1, -0.05) is 97.2 Å². The van der Waals surface area contributed by atoms with Crippen LogP contribution in [0.4, 0.5) is 0 Å². The van der Waals surface area contributed by atoms with E-state index in [1.807, 2.05) is 97.2 Å². The first-order valence-electron chi connectivity index (χ1n) is 5.33. The molecule has 0 N–H and O–H groups in total. The van der Waals surface area contributed by atoms with Crippen molar-refractivity contribution < 1.29 is 22.4 Å². The quantitative estimate of drug-likeness (QED) is 0.504. The normalized spacial score (nSPS) is 21.3. The van der Waals surface area contributed by atoms with E-state index in [1.54, 1.807) is 0 Å². The Morgan fingerprint density at radius 3 is 0.333 bits per heavy atom. The molecule has 0 heterocycles. The zero-order valence-corrected chi connectivity index (χ0v) is 13.9. The van der Waals surface area contributed by atoms with E-state index in [0.29, 0.717) is 0 Å². The fourth-order valence-electron chi connectivity index (χ4n) is 1.03. The number of hydrogen-bond donors (Lipinski definition) is 0. The van der Waals surface area contributed by atoms with Gasteiger partial charge in [-0.25, -0.2) is 0 Å². The van der Waals surface area contributed by atoms with Crippen LogP contribution in [-0.4, -0.2) is 0 Å². The van der Waals surface area contributed by atoms with Crippen molar-refractivity contribution >= 4 is 0 Å². The smallest absolute Gasteiger partial charge is 0 e. The molecule has 0 nitrogen and oxygen atoms in total. The Kier molecular flexibility index (Phi) is 16.5. The second kappa shape index (κ2) is 15.7. The minimum absolute atomic E-state index is 0. The van der Waals surface area contributed by atoms with Gasteiger partial charge in [0.1, 0.15) is 0 Å². The molecule has 1 heteroatoms. The van der Waals surface area contributed by atoms with Crippen molar-refractivity contribution in [1.82, 2.24) is 0 Å². The third kappa shape index (κ3) is 12.7. The third-order valence-corrected chi connectivity index (χ3v) is 1.78. The fraction of sp³-hybridized carbons (Fsp3) is 0. The summed E-state index contributed by atoms with van der Waals surface area (Å²) in [5.74, 6) is 0. The molecule has 0 amide bonds. The Morgan fingerprint density at radius 1 is 0.222 bits per heavy atom. The van der Waals surface area contributed by atoms with Crippen molar-refractivity contribution in [1.29, 1.82) is 0 Å². The van der Waals surface area contributed by atoms with E-state index >= 15 is 0 Å². The zero-order chi connectivity index (χ0) is 11.3. The van der Waals surface area contributed by atoms with Crippen LogP contribution < -0.4 is 0 Å². The number of allylic oxidation sites excluding steroid dienone is 16. The van der Waals surface area contributed by atoms with Crippen LogP contribution in [-0.2, 0) is 22.4 Å². The van der Waals surface area contributed by atoms with Gasteiger partial charge in [0.05, 0.1) is 0 Å². The van der Waals surface area contributed by atoms with Gasteiger partial charge in [0.25, 0.3) is 0 Å². The molecule has 0 bridgehead atoms. The van der Waals surface area contributed by atoms with Crippen molar-refractivity contribution in [3.63, 3.8) is 0 Å². The van der Waals surface area contributed by atoms with Crippen LogP contribution in [0.25, 0.3) is 0 Å². The van der Waals surface area contributed by atoms with Crippen molar-refractivity contribution in [3.05, 3.63) is 105 Å². The van der Waals surface area contributed by atoms with Gasteiger partial charge in [-0.3, -0.25) is 0 Å². The SMILES string of the molecule is C1=C/C=C\C=C/C=C1.C1=C/C=C\C=C/C=C1.[CH3-].[Ta]. The van der Waals surface area contributed by atoms with Gasteiger partial charge in [-0.05, 0) is 0 Å². The Morgan fingerprint density at radius 2 is 0.278 bits per heavy atom. The summed E-state index contributed by atoms with van der Waals surface area (Å²) in [5.41, 5.74) is 0. The summed E-state index contributed by atoms with van der Waals surface area (Å²) in [4.78, 5) is 0. The molecule has 1 radical (unpaired) electrons. The van der Waals surface area contributed by atoms with Crippen LogP contribution in [0.5, 0.6) is 0 Å². The monoisotopic (exact) mass is 404 g/mol.